The molecule has 2 aromatic carbocycles. The quantitative estimate of drug-likeness (QED) is 0.563. The van der Waals surface area contributed by atoms with Gasteiger partial charge in [0.15, 0.2) is 0 Å². The number of nitrogens with zero attached hydrogens (tertiary/aromatic N) is 3. The van der Waals surface area contributed by atoms with Gasteiger partial charge in [0.1, 0.15) is 5.60 Å². The summed E-state index contributed by atoms with van der Waals surface area (Å²) in [6, 6.07) is 14.3. The van der Waals surface area contributed by atoms with Crippen LogP contribution in [0.25, 0.3) is 10.9 Å². The summed E-state index contributed by atoms with van der Waals surface area (Å²) in [7, 11) is 0. The Labute approximate surface area is 177 Å². The molecule has 0 saturated heterocycles. The van der Waals surface area contributed by atoms with Gasteiger partial charge in [0.2, 0.25) is 0 Å². The van der Waals surface area contributed by atoms with Crippen molar-refractivity contribution in [3.05, 3.63) is 64.3 Å². The fourth-order valence-electron chi connectivity index (χ4n) is 3.97. The number of carbonyl (C=O) groups is 1. The van der Waals surface area contributed by atoms with E-state index in [1.165, 1.54) is 18.4 Å². The third-order valence-electron chi connectivity index (χ3n) is 5.43. The minimum atomic E-state index is -0.500. The number of esters is 1. The molecule has 1 aromatic heterocycles. The topological polar surface area (TPSA) is 67.9 Å². The zero-order valence-electron chi connectivity index (χ0n) is 18.0. The fraction of sp³-hybridized carbons (Fsp3) is 0.400. The first kappa shape index (κ1) is 20.2. The van der Waals surface area contributed by atoms with Gasteiger partial charge in [-0.05, 0) is 75.3 Å². The van der Waals surface area contributed by atoms with E-state index >= 15 is 0 Å². The molecule has 0 radical (unpaired) electrons. The molecule has 1 aliphatic rings. The Kier molecular flexibility index (Phi) is 5.11. The van der Waals surface area contributed by atoms with Crippen LogP contribution in [0.4, 0.5) is 0 Å². The first-order valence-corrected chi connectivity index (χ1v) is 10.4. The van der Waals surface area contributed by atoms with Crippen molar-refractivity contribution in [1.82, 2.24) is 9.78 Å². The van der Waals surface area contributed by atoms with E-state index in [9.17, 15) is 10.1 Å². The van der Waals surface area contributed by atoms with Gasteiger partial charge in [-0.15, -0.1) is 0 Å². The van der Waals surface area contributed by atoms with Crippen molar-refractivity contribution in [3.8, 4) is 6.07 Å². The Morgan fingerprint density at radius 1 is 1.27 bits per heavy atom. The Morgan fingerprint density at radius 3 is 2.70 bits per heavy atom. The summed E-state index contributed by atoms with van der Waals surface area (Å²) in [5, 5.41) is 15.5. The van der Waals surface area contributed by atoms with E-state index in [1.807, 2.05) is 62.7 Å². The Morgan fingerprint density at radius 2 is 2.03 bits per heavy atom. The number of aryl methyl sites for hydroxylation is 1. The number of carbonyl (C=O) groups excluding carboxylic acids is 1. The molecule has 3 aromatic rings. The Balaban J connectivity index is 1.69. The van der Waals surface area contributed by atoms with E-state index in [-0.39, 0.29) is 12.4 Å². The molecular weight excluding hydrogens is 374 g/mol. The number of rotatable bonds is 5. The standard InChI is InChI=1S/C25H27N3O2/c1-16-20-11-8-17(13-24(29)30-25(2,3)4)12-23(20)28(27-16)15-22-19(14-26)6-5-7-21(22)18-9-10-18/h5-8,11-12,18H,9-10,13,15H2,1-4H3. The highest BCUT2D eigenvalue weighted by Gasteiger charge is 2.27. The lowest BCUT2D eigenvalue weighted by atomic mass is 9.98. The molecule has 0 spiro atoms. The molecule has 154 valence electrons. The average molecular weight is 402 g/mol. The molecule has 4 rings (SSSR count). The van der Waals surface area contributed by atoms with Crippen molar-refractivity contribution in [3.63, 3.8) is 0 Å². The number of hydrogen-bond donors (Lipinski definition) is 0. The van der Waals surface area contributed by atoms with Crippen molar-refractivity contribution in [2.24, 2.45) is 0 Å². The zero-order valence-corrected chi connectivity index (χ0v) is 18.0. The molecule has 5 heteroatoms. The molecule has 0 N–H and O–H groups in total. The Bertz CT molecular complexity index is 1160. The van der Waals surface area contributed by atoms with Crippen molar-refractivity contribution in [1.29, 1.82) is 5.26 Å². The predicted octanol–water partition coefficient (Wildman–Crippen LogP) is 5.03. The maximum atomic E-state index is 12.3. The minimum Gasteiger partial charge on any atom is -0.460 e. The molecule has 30 heavy (non-hydrogen) atoms. The number of fused-ring (bicyclic) bond motifs is 1. The molecule has 5 nitrogen and oxygen atoms in total. The third-order valence-corrected chi connectivity index (χ3v) is 5.43. The minimum absolute atomic E-state index is 0.222. The molecule has 0 atom stereocenters. The van der Waals surface area contributed by atoms with Crippen molar-refractivity contribution in [2.45, 2.75) is 65.0 Å². The summed E-state index contributed by atoms with van der Waals surface area (Å²) in [6.45, 7) is 8.16. The van der Waals surface area contributed by atoms with Crippen LogP contribution < -0.4 is 0 Å². The molecule has 0 bridgehead atoms. The number of benzene rings is 2. The Hall–Kier alpha value is -3.13. The largest absolute Gasteiger partial charge is 0.460 e. The van der Waals surface area contributed by atoms with E-state index in [4.69, 9.17) is 9.84 Å². The molecule has 0 unspecified atom stereocenters. The summed E-state index contributed by atoms with van der Waals surface area (Å²) in [4.78, 5) is 12.3. The normalized spacial score (nSPS) is 14.0. The first-order chi connectivity index (χ1) is 14.2. The maximum absolute atomic E-state index is 12.3. The van der Waals surface area contributed by atoms with E-state index in [1.54, 1.807) is 0 Å². The number of aromatic nitrogens is 2. The summed E-state index contributed by atoms with van der Waals surface area (Å²) >= 11 is 0. The average Bonchev–Trinajstić information content (AvgIpc) is 3.46. The first-order valence-electron chi connectivity index (χ1n) is 10.4. The van der Waals surface area contributed by atoms with Crippen LogP contribution in [0, 0.1) is 18.3 Å². The summed E-state index contributed by atoms with van der Waals surface area (Å²) < 4.78 is 7.43. The molecule has 0 aliphatic heterocycles. The number of nitriles is 1. The van der Waals surface area contributed by atoms with E-state index in [0.717, 1.165) is 27.7 Å². The van der Waals surface area contributed by atoms with Gasteiger partial charge < -0.3 is 4.74 Å². The summed E-state index contributed by atoms with van der Waals surface area (Å²) in [5.41, 5.74) is 5.35. The van der Waals surface area contributed by atoms with Crippen LogP contribution in [0.1, 0.15) is 67.5 Å². The van der Waals surface area contributed by atoms with Crippen molar-refractivity contribution in [2.75, 3.05) is 0 Å². The maximum Gasteiger partial charge on any atom is 0.310 e. The van der Waals surface area contributed by atoms with Crippen molar-refractivity contribution < 1.29 is 9.53 Å². The van der Waals surface area contributed by atoms with Gasteiger partial charge in [-0.2, -0.15) is 10.4 Å². The molecule has 0 amide bonds. The summed E-state index contributed by atoms with van der Waals surface area (Å²) in [5.74, 6) is 0.314. The third kappa shape index (κ3) is 4.23. The molecule has 1 fully saturated rings. The van der Waals surface area contributed by atoms with E-state index in [0.29, 0.717) is 18.0 Å². The van der Waals surface area contributed by atoms with Gasteiger partial charge in [0.25, 0.3) is 0 Å². The van der Waals surface area contributed by atoms with E-state index in [2.05, 4.69) is 12.1 Å². The molecule has 1 aliphatic carbocycles. The van der Waals surface area contributed by atoms with Crippen LogP contribution >= 0.6 is 0 Å². The van der Waals surface area contributed by atoms with Gasteiger partial charge in [0.05, 0.1) is 35.8 Å². The number of hydrogen-bond acceptors (Lipinski definition) is 4. The van der Waals surface area contributed by atoms with Crippen LogP contribution in [0.3, 0.4) is 0 Å². The van der Waals surface area contributed by atoms with Crippen LogP contribution in [0.2, 0.25) is 0 Å². The van der Waals surface area contributed by atoms with Gasteiger partial charge in [0, 0.05) is 5.39 Å². The fourth-order valence-corrected chi connectivity index (χ4v) is 3.97. The highest BCUT2D eigenvalue weighted by atomic mass is 16.6. The van der Waals surface area contributed by atoms with E-state index < -0.39 is 5.60 Å². The SMILES string of the molecule is Cc1nn(Cc2c(C#N)cccc2C2CC2)c2cc(CC(=O)OC(C)(C)C)ccc12. The second kappa shape index (κ2) is 7.60. The molecular formula is C25H27N3O2. The lowest BCUT2D eigenvalue weighted by molar-refractivity contribution is -0.153. The monoisotopic (exact) mass is 401 g/mol. The van der Waals surface area contributed by atoms with Crippen molar-refractivity contribution >= 4 is 16.9 Å². The van der Waals surface area contributed by atoms with Crippen LogP contribution in [-0.4, -0.2) is 21.4 Å². The van der Waals surface area contributed by atoms with Gasteiger partial charge in [-0.1, -0.05) is 24.3 Å². The van der Waals surface area contributed by atoms with Crippen LogP contribution in [0.5, 0.6) is 0 Å². The van der Waals surface area contributed by atoms with Gasteiger partial charge in [-0.3, -0.25) is 9.48 Å². The molecule has 1 heterocycles. The highest BCUT2D eigenvalue weighted by molar-refractivity contribution is 5.84. The van der Waals surface area contributed by atoms with Gasteiger partial charge in [-0.25, -0.2) is 0 Å². The predicted molar refractivity (Wildman–Crippen MR) is 116 cm³/mol. The second-order valence-electron chi connectivity index (χ2n) is 9.12. The lowest BCUT2D eigenvalue weighted by Crippen LogP contribution is -2.24. The second-order valence-corrected chi connectivity index (χ2v) is 9.12. The zero-order chi connectivity index (χ0) is 21.5. The lowest BCUT2D eigenvalue weighted by Gasteiger charge is -2.19. The smallest absolute Gasteiger partial charge is 0.310 e. The van der Waals surface area contributed by atoms with Crippen LogP contribution in [-0.2, 0) is 22.5 Å². The highest BCUT2D eigenvalue weighted by Crippen LogP contribution is 2.42. The summed E-state index contributed by atoms with van der Waals surface area (Å²) in [6.07, 6.45) is 2.58. The number of ether oxygens (including phenoxy) is 1. The van der Waals surface area contributed by atoms with Crippen LogP contribution in [0.15, 0.2) is 36.4 Å². The molecule has 1 saturated carbocycles. The van der Waals surface area contributed by atoms with Gasteiger partial charge >= 0.3 is 5.97 Å².